The number of nitrogens with two attached hydrogens (primary N) is 1. The monoisotopic (exact) mass is 276 g/mol. The van der Waals surface area contributed by atoms with Gasteiger partial charge in [0.15, 0.2) is 0 Å². The van der Waals surface area contributed by atoms with Crippen molar-refractivity contribution in [3.8, 4) is 0 Å². The summed E-state index contributed by atoms with van der Waals surface area (Å²) < 4.78 is 12.1. The molecule has 19 heavy (non-hydrogen) atoms. The first kappa shape index (κ1) is 15.1. The number of amides is 3. The van der Waals surface area contributed by atoms with Gasteiger partial charge in [0.05, 0.1) is 0 Å². The number of carbonyl (C=O) groups is 3. The van der Waals surface area contributed by atoms with Crippen LogP contribution >= 0.6 is 0 Å². The third-order valence-electron chi connectivity index (χ3n) is 1.93. The maximum absolute atomic E-state index is 11.5. The number of hydrogen-bond acceptors (Lipinski definition) is 4. The Morgan fingerprint density at radius 2 is 2.11 bits per heavy atom. The third kappa shape index (κ3) is 9.69. The van der Waals surface area contributed by atoms with Crippen LogP contribution in [0.25, 0.3) is 0 Å². The Labute approximate surface area is 113 Å². The molecular weight excluding hydrogens is 254 g/mol. The van der Waals surface area contributed by atoms with Gasteiger partial charge in [-0.15, -0.1) is 0 Å². The average molecular weight is 276 g/mol. The summed E-state index contributed by atoms with van der Waals surface area (Å²) in [6.07, 6.45) is -0.439. The predicted octanol–water partition coefficient (Wildman–Crippen LogP) is 0.413. The van der Waals surface area contributed by atoms with Gasteiger partial charge >= 0.3 is 18.1 Å². The average Bonchev–Trinajstić information content (AvgIpc) is 2.31. The van der Waals surface area contributed by atoms with E-state index in [1.807, 2.05) is 0 Å². The van der Waals surface area contributed by atoms with Crippen LogP contribution in [-0.2, 0) is 9.53 Å². The molecule has 8 nitrogen and oxygen atoms in total. The van der Waals surface area contributed by atoms with Crippen LogP contribution in [0.2, 0.25) is 0 Å². The van der Waals surface area contributed by atoms with Gasteiger partial charge in [-0.25, -0.2) is 14.4 Å². The molecule has 0 saturated carbocycles. The minimum absolute atomic E-state index is 0.117. The highest BCUT2D eigenvalue weighted by molar-refractivity contribution is 5.80. The van der Waals surface area contributed by atoms with Crippen LogP contribution in [0.4, 0.5) is 9.59 Å². The minimum atomic E-state index is -1.20. The van der Waals surface area contributed by atoms with Crippen LogP contribution in [0.15, 0.2) is 0 Å². The smallest absolute Gasteiger partial charge is 0.408 e. The molecule has 5 N–H and O–H groups in total. The topological polar surface area (TPSA) is 131 Å². The van der Waals surface area contributed by atoms with Gasteiger partial charge in [-0.05, 0) is 33.6 Å². The van der Waals surface area contributed by atoms with Crippen molar-refractivity contribution in [2.24, 2.45) is 5.73 Å². The van der Waals surface area contributed by atoms with E-state index in [0.717, 1.165) is 0 Å². The number of primary amides is 1. The second-order valence-corrected chi connectivity index (χ2v) is 4.62. The standard InChI is InChI=1S/C11H21N3O5/c1-11(2,3)19-10(18)14-7(8(15)16)5-4-6-13-9(12)17/h7H,4-6H2,1-3H3,(H,14,18)(H,15,16)(H3,12,13,17)/t7-/m0/s1/i1D. The Bertz CT molecular complexity index is 362. The highest BCUT2D eigenvalue weighted by Gasteiger charge is 2.23. The van der Waals surface area contributed by atoms with Crippen molar-refractivity contribution < 1.29 is 25.6 Å². The molecule has 0 saturated heterocycles. The number of alkyl carbamates (subject to hydrolysis) is 1. The molecular formula is C11H21N3O5. The van der Waals surface area contributed by atoms with E-state index in [0.29, 0.717) is 6.42 Å². The van der Waals surface area contributed by atoms with Gasteiger partial charge in [0, 0.05) is 7.92 Å². The lowest BCUT2D eigenvalue weighted by molar-refractivity contribution is -0.139. The number of hydrogen-bond donors (Lipinski definition) is 4. The Balaban J connectivity index is 4.23. The van der Waals surface area contributed by atoms with Crippen molar-refractivity contribution in [1.82, 2.24) is 10.6 Å². The molecule has 8 heteroatoms. The molecule has 0 radical (unpaired) electrons. The Hall–Kier alpha value is -1.99. The highest BCUT2D eigenvalue weighted by Crippen LogP contribution is 2.07. The lowest BCUT2D eigenvalue weighted by Gasteiger charge is -2.22. The molecule has 1 atom stereocenters. The molecule has 0 aliphatic carbocycles. The molecule has 110 valence electrons. The van der Waals surface area contributed by atoms with E-state index in [9.17, 15) is 14.4 Å². The molecule has 0 aromatic rings. The van der Waals surface area contributed by atoms with Gasteiger partial charge in [-0.2, -0.15) is 0 Å². The first-order valence-electron chi connectivity index (χ1n) is 6.43. The maximum Gasteiger partial charge on any atom is 0.408 e. The van der Waals surface area contributed by atoms with Gasteiger partial charge in [-0.1, -0.05) is 0 Å². The van der Waals surface area contributed by atoms with E-state index < -0.39 is 29.7 Å². The van der Waals surface area contributed by atoms with Crippen molar-refractivity contribution in [1.29, 1.82) is 0 Å². The summed E-state index contributed by atoms with van der Waals surface area (Å²) >= 11 is 0. The molecule has 0 aromatic carbocycles. The Morgan fingerprint density at radius 3 is 2.58 bits per heavy atom. The van der Waals surface area contributed by atoms with Crippen LogP contribution in [0.1, 0.15) is 35.0 Å². The summed E-state index contributed by atoms with van der Waals surface area (Å²) in [5, 5.41) is 13.5. The number of carboxylic acids is 1. The Morgan fingerprint density at radius 1 is 1.47 bits per heavy atom. The van der Waals surface area contributed by atoms with Crippen molar-refractivity contribution in [3.63, 3.8) is 0 Å². The SMILES string of the molecule is [2H]CC(C)(C)OC(=O)N[C@@H](CCCNC(N)=O)C(=O)O. The molecule has 0 aromatic heterocycles. The Kier molecular flexibility index (Phi) is 5.91. The second kappa shape index (κ2) is 7.45. The summed E-state index contributed by atoms with van der Waals surface area (Å²) in [7, 11) is 0. The first-order chi connectivity index (χ1) is 9.18. The number of carboxylic acid groups (broad SMARTS) is 1. The first-order valence-corrected chi connectivity index (χ1v) is 5.73. The van der Waals surface area contributed by atoms with E-state index in [1.54, 1.807) is 13.8 Å². The van der Waals surface area contributed by atoms with Crippen LogP contribution < -0.4 is 16.4 Å². The molecule has 0 bridgehead atoms. The molecule has 0 aliphatic heterocycles. The van der Waals surface area contributed by atoms with Crippen molar-refractivity contribution in [2.45, 2.75) is 45.2 Å². The normalized spacial score (nSPS) is 13.1. The molecule has 0 unspecified atom stereocenters. The minimum Gasteiger partial charge on any atom is -0.480 e. The van der Waals surface area contributed by atoms with Crippen molar-refractivity contribution >= 4 is 18.1 Å². The molecule has 0 rings (SSSR count). The predicted molar refractivity (Wildman–Crippen MR) is 67.6 cm³/mol. The molecule has 0 aliphatic rings. The van der Waals surface area contributed by atoms with Gasteiger partial charge in [0.2, 0.25) is 0 Å². The summed E-state index contributed by atoms with van der Waals surface area (Å²) in [5.41, 5.74) is 3.88. The van der Waals surface area contributed by atoms with E-state index in [4.69, 9.17) is 16.9 Å². The van der Waals surface area contributed by atoms with E-state index >= 15 is 0 Å². The third-order valence-corrected chi connectivity index (χ3v) is 1.93. The summed E-state index contributed by atoms with van der Waals surface area (Å²) in [4.78, 5) is 32.9. The summed E-state index contributed by atoms with van der Waals surface area (Å²) in [6, 6.07) is -1.82. The van der Waals surface area contributed by atoms with Gasteiger partial charge in [0.1, 0.15) is 11.6 Å². The van der Waals surface area contributed by atoms with Crippen LogP contribution in [0.5, 0.6) is 0 Å². The second-order valence-electron chi connectivity index (χ2n) is 4.62. The largest absolute Gasteiger partial charge is 0.480 e. The van der Waals surface area contributed by atoms with Crippen molar-refractivity contribution in [3.05, 3.63) is 0 Å². The van der Waals surface area contributed by atoms with Crippen LogP contribution in [-0.4, -0.2) is 41.4 Å². The fourth-order valence-corrected chi connectivity index (χ4v) is 1.20. The van der Waals surface area contributed by atoms with Gasteiger partial charge in [-0.3, -0.25) is 0 Å². The molecule has 3 amide bonds. The number of nitrogens with one attached hydrogen (secondary N) is 2. The number of rotatable bonds is 6. The van der Waals surface area contributed by atoms with E-state index in [1.165, 1.54) is 0 Å². The van der Waals surface area contributed by atoms with E-state index in [-0.39, 0.29) is 19.9 Å². The zero-order chi connectivity index (χ0) is 15.8. The molecule has 0 spiro atoms. The number of carbonyl (C=O) groups excluding carboxylic acids is 2. The fraction of sp³-hybridized carbons (Fsp3) is 0.727. The van der Waals surface area contributed by atoms with Crippen LogP contribution in [0, 0.1) is 0 Å². The number of urea groups is 1. The molecule has 0 heterocycles. The van der Waals surface area contributed by atoms with Crippen molar-refractivity contribution in [2.75, 3.05) is 6.54 Å². The van der Waals surface area contributed by atoms with Gasteiger partial charge < -0.3 is 26.2 Å². The summed E-state index contributed by atoms with van der Waals surface area (Å²) in [6.45, 7) is 3.17. The summed E-state index contributed by atoms with van der Waals surface area (Å²) in [5.74, 6) is -1.20. The lowest BCUT2D eigenvalue weighted by atomic mass is 10.1. The van der Waals surface area contributed by atoms with Crippen LogP contribution in [0.3, 0.4) is 0 Å². The zero-order valence-electron chi connectivity index (χ0n) is 12.1. The lowest BCUT2D eigenvalue weighted by Crippen LogP contribution is -2.43. The molecule has 0 fully saturated rings. The highest BCUT2D eigenvalue weighted by atomic mass is 16.6. The quantitative estimate of drug-likeness (QED) is 0.522. The zero-order valence-corrected chi connectivity index (χ0v) is 11.1. The van der Waals surface area contributed by atoms with E-state index in [2.05, 4.69) is 10.6 Å². The maximum atomic E-state index is 11.5. The van der Waals surface area contributed by atoms with Gasteiger partial charge in [0.25, 0.3) is 0 Å². The fourth-order valence-electron chi connectivity index (χ4n) is 1.20. The number of ether oxygens (including phenoxy) is 1. The number of aliphatic carboxylic acids is 1.